The number of hydrogen-bond acceptors (Lipinski definition) is 4. The molecule has 3 aromatic rings. The summed E-state index contributed by atoms with van der Waals surface area (Å²) in [5.41, 5.74) is 0.600. The zero-order valence-corrected chi connectivity index (χ0v) is 21.2. The molecule has 1 aliphatic rings. The topological polar surface area (TPSA) is 83.1 Å². The van der Waals surface area contributed by atoms with E-state index in [1.807, 2.05) is 0 Å². The number of pyridine rings is 1. The second-order valence-corrected chi connectivity index (χ2v) is 10.0. The molecule has 1 aromatic heterocycles. The van der Waals surface area contributed by atoms with Gasteiger partial charge in [-0.2, -0.15) is 13.2 Å². The van der Waals surface area contributed by atoms with E-state index in [1.165, 1.54) is 12.1 Å². The van der Waals surface area contributed by atoms with Crippen LogP contribution < -0.4 is 16.0 Å². The summed E-state index contributed by atoms with van der Waals surface area (Å²) in [6.45, 7) is 3.58. The van der Waals surface area contributed by atoms with Gasteiger partial charge in [-0.1, -0.05) is 31.5 Å². The normalized spacial score (nSPS) is 18.0. The van der Waals surface area contributed by atoms with E-state index in [1.54, 1.807) is 44.2 Å². The molecule has 0 atom stereocenters. The standard InChI is InChI=1S/C27H28ClF3N4O2/c1-15(2)25(36)34-20-5-3-4-16(12-20)26(37)33-19-9-7-18(8-10-19)32-23-14-24(27(29,30)31)35-22-11-6-17(28)13-21(22)23/h3-6,11-15,18-19H,7-10H2,1-2H3,(H,32,35)(H,33,37)(H,34,36)/t18-,19+. The fourth-order valence-electron chi connectivity index (χ4n) is 4.36. The van der Waals surface area contributed by atoms with Gasteiger partial charge in [-0.25, -0.2) is 4.98 Å². The number of alkyl halides is 3. The lowest BCUT2D eigenvalue weighted by atomic mass is 9.90. The van der Waals surface area contributed by atoms with Crippen molar-refractivity contribution in [1.29, 1.82) is 0 Å². The molecule has 2 amide bonds. The maximum atomic E-state index is 13.4. The van der Waals surface area contributed by atoms with Crippen LogP contribution in [0.15, 0.2) is 48.5 Å². The van der Waals surface area contributed by atoms with E-state index in [4.69, 9.17) is 11.6 Å². The molecular weight excluding hydrogens is 505 g/mol. The van der Waals surface area contributed by atoms with Crippen molar-refractivity contribution >= 4 is 45.7 Å². The van der Waals surface area contributed by atoms with Crippen LogP contribution in [-0.2, 0) is 11.0 Å². The van der Waals surface area contributed by atoms with Gasteiger partial charge in [-0.15, -0.1) is 0 Å². The average Bonchev–Trinajstić information content (AvgIpc) is 2.85. The first-order valence-corrected chi connectivity index (χ1v) is 12.5. The van der Waals surface area contributed by atoms with E-state index in [0.717, 1.165) is 6.07 Å². The minimum atomic E-state index is -4.57. The Kier molecular flexibility index (Phi) is 7.92. The zero-order chi connectivity index (χ0) is 26.7. The number of amides is 2. The second-order valence-electron chi connectivity index (χ2n) is 9.61. The molecule has 1 fully saturated rings. The average molecular weight is 533 g/mol. The molecule has 0 bridgehead atoms. The van der Waals surface area contributed by atoms with Gasteiger partial charge < -0.3 is 16.0 Å². The van der Waals surface area contributed by atoms with Gasteiger partial charge in [0.2, 0.25) is 5.91 Å². The summed E-state index contributed by atoms with van der Waals surface area (Å²) in [5, 5.41) is 10.0. The van der Waals surface area contributed by atoms with Crippen LogP contribution in [-0.4, -0.2) is 28.9 Å². The minimum Gasteiger partial charge on any atom is -0.382 e. The van der Waals surface area contributed by atoms with E-state index < -0.39 is 11.9 Å². The van der Waals surface area contributed by atoms with Crippen LogP contribution >= 0.6 is 11.6 Å². The van der Waals surface area contributed by atoms with Crippen molar-refractivity contribution in [3.63, 3.8) is 0 Å². The number of benzene rings is 2. The molecule has 4 rings (SSSR count). The number of carbonyl (C=O) groups excluding carboxylic acids is 2. The summed E-state index contributed by atoms with van der Waals surface area (Å²) in [4.78, 5) is 28.5. The molecule has 6 nitrogen and oxygen atoms in total. The third kappa shape index (κ3) is 6.71. The van der Waals surface area contributed by atoms with Crippen molar-refractivity contribution < 1.29 is 22.8 Å². The monoisotopic (exact) mass is 532 g/mol. The molecule has 0 radical (unpaired) electrons. The Morgan fingerprint density at radius 1 is 1.00 bits per heavy atom. The van der Waals surface area contributed by atoms with Gasteiger partial charge in [0, 0.05) is 45.3 Å². The van der Waals surface area contributed by atoms with Crippen molar-refractivity contribution in [1.82, 2.24) is 10.3 Å². The van der Waals surface area contributed by atoms with Gasteiger partial charge in [0.1, 0.15) is 5.69 Å². The number of nitrogens with one attached hydrogen (secondary N) is 3. The largest absolute Gasteiger partial charge is 0.433 e. The highest BCUT2D eigenvalue weighted by Crippen LogP contribution is 2.35. The summed E-state index contributed by atoms with van der Waals surface area (Å²) < 4.78 is 40.2. The highest BCUT2D eigenvalue weighted by Gasteiger charge is 2.34. The van der Waals surface area contributed by atoms with Gasteiger partial charge in [0.25, 0.3) is 5.91 Å². The van der Waals surface area contributed by atoms with Crippen LogP contribution in [0, 0.1) is 5.92 Å². The molecule has 0 saturated heterocycles. The lowest BCUT2D eigenvalue weighted by molar-refractivity contribution is -0.140. The van der Waals surface area contributed by atoms with Crippen molar-refractivity contribution in [2.75, 3.05) is 10.6 Å². The van der Waals surface area contributed by atoms with Gasteiger partial charge >= 0.3 is 6.18 Å². The summed E-state index contributed by atoms with van der Waals surface area (Å²) in [6, 6.07) is 12.3. The number of nitrogens with zero attached hydrogens (tertiary/aromatic N) is 1. The van der Waals surface area contributed by atoms with Crippen molar-refractivity contribution in [2.45, 2.75) is 57.8 Å². The molecule has 1 aliphatic carbocycles. The second kappa shape index (κ2) is 11.0. The first-order valence-electron chi connectivity index (χ1n) is 12.2. The highest BCUT2D eigenvalue weighted by molar-refractivity contribution is 6.31. The van der Waals surface area contributed by atoms with Crippen LogP contribution in [0.2, 0.25) is 5.02 Å². The van der Waals surface area contributed by atoms with Crippen LogP contribution in [0.25, 0.3) is 10.9 Å². The summed E-state index contributed by atoms with van der Waals surface area (Å²) >= 11 is 6.09. The van der Waals surface area contributed by atoms with Crippen LogP contribution in [0.5, 0.6) is 0 Å². The Labute approximate surface area is 218 Å². The van der Waals surface area contributed by atoms with Crippen molar-refractivity contribution in [2.24, 2.45) is 5.92 Å². The lowest BCUT2D eigenvalue weighted by Crippen LogP contribution is -2.40. The summed E-state index contributed by atoms with van der Waals surface area (Å²) in [7, 11) is 0. The van der Waals surface area contributed by atoms with E-state index in [-0.39, 0.29) is 35.3 Å². The van der Waals surface area contributed by atoms with Gasteiger partial charge in [-0.3, -0.25) is 9.59 Å². The van der Waals surface area contributed by atoms with Crippen LogP contribution in [0.3, 0.4) is 0 Å². The van der Waals surface area contributed by atoms with E-state index in [2.05, 4.69) is 20.9 Å². The summed E-state index contributed by atoms with van der Waals surface area (Å²) in [5.74, 6) is -0.542. The van der Waals surface area contributed by atoms with E-state index in [9.17, 15) is 22.8 Å². The van der Waals surface area contributed by atoms with E-state index >= 15 is 0 Å². The number of carbonyl (C=O) groups is 2. The first-order chi connectivity index (χ1) is 17.5. The number of fused-ring (bicyclic) bond motifs is 1. The first kappa shape index (κ1) is 26.7. The molecule has 196 valence electrons. The Morgan fingerprint density at radius 2 is 1.70 bits per heavy atom. The van der Waals surface area contributed by atoms with Gasteiger partial charge in [0.15, 0.2) is 0 Å². The smallest absolute Gasteiger partial charge is 0.382 e. The third-order valence-electron chi connectivity index (χ3n) is 6.40. The summed E-state index contributed by atoms with van der Waals surface area (Å²) in [6.07, 6.45) is -1.89. The fourth-order valence-corrected chi connectivity index (χ4v) is 4.53. The predicted molar refractivity (Wildman–Crippen MR) is 139 cm³/mol. The Morgan fingerprint density at radius 3 is 2.38 bits per heavy atom. The van der Waals surface area contributed by atoms with Crippen LogP contribution in [0.1, 0.15) is 55.6 Å². The lowest BCUT2D eigenvalue weighted by Gasteiger charge is -2.31. The molecule has 0 aliphatic heterocycles. The molecule has 0 spiro atoms. The molecule has 0 unspecified atom stereocenters. The fraction of sp³-hybridized carbons (Fsp3) is 0.370. The third-order valence-corrected chi connectivity index (χ3v) is 6.63. The quantitative estimate of drug-likeness (QED) is 0.332. The number of anilines is 2. The minimum absolute atomic E-state index is 0.0613. The number of aromatic nitrogens is 1. The Balaban J connectivity index is 1.39. The van der Waals surface area contributed by atoms with Crippen molar-refractivity contribution in [3.05, 3.63) is 64.8 Å². The molecular formula is C27H28ClF3N4O2. The van der Waals surface area contributed by atoms with Gasteiger partial charge in [-0.05, 0) is 68.1 Å². The number of rotatable bonds is 6. The maximum Gasteiger partial charge on any atom is 0.433 e. The zero-order valence-electron chi connectivity index (χ0n) is 20.5. The number of hydrogen-bond donors (Lipinski definition) is 3. The Bertz CT molecular complexity index is 1300. The van der Waals surface area contributed by atoms with Gasteiger partial charge in [0.05, 0.1) is 5.52 Å². The molecule has 1 saturated carbocycles. The van der Waals surface area contributed by atoms with Crippen LogP contribution in [0.4, 0.5) is 24.5 Å². The Hall–Kier alpha value is -3.33. The molecule has 10 heteroatoms. The van der Waals surface area contributed by atoms with E-state index in [0.29, 0.717) is 53.0 Å². The predicted octanol–water partition coefficient (Wildman–Crippen LogP) is 6.65. The highest BCUT2D eigenvalue weighted by atomic mass is 35.5. The molecule has 1 heterocycles. The molecule has 2 aromatic carbocycles. The SMILES string of the molecule is CC(C)C(=O)Nc1cccc(C(=O)N[C@H]2CC[C@@H](Nc3cc(C(F)(F)F)nc4ccc(Cl)cc34)CC2)c1. The van der Waals surface area contributed by atoms with Crippen molar-refractivity contribution in [3.8, 4) is 0 Å². The maximum absolute atomic E-state index is 13.4. The number of halogens is 4. The molecule has 37 heavy (non-hydrogen) atoms. The molecule has 3 N–H and O–H groups in total.